The van der Waals surface area contributed by atoms with Crippen molar-refractivity contribution in [2.75, 3.05) is 4.90 Å². The molecule has 6 heteroatoms. The Labute approximate surface area is 207 Å². The van der Waals surface area contributed by atoms with Crippen LogP contribution in [0.4, 0.5) is 5.69 Å². The van der Waals surface area contributed by atoms with Gasteiger partial charge in [0.15, 0.2) is 5.11 Å². The topological polar surface area (TPSA) is 41.3 Å². The van der Waals surface area contributed by atoms with E-state index in [0.717, 1.165) is 39.4 Å². The number of benzene rings is 2. The maximum Gasteiger partial charge on any atom is 0.174 e. The van der Waals surface area contributed by atoms with Crippen LogP contribution in [0.25, 0.3) is 11.3 Å². The van der Waals surface area contributed by atoms with Crippen LogP contribution in [0.2, 0.25) is 0 Å². The normalized spacial score (nSPS) is 17.9. The lowest BCUT2D eigenvalue weighted by molar-refractivity contribution is 0.439. The zero-order valence-corrected chi connectivity index (χ0v) is 20.9. The van der Waals surface area contributed by atoms with E-state index in [2.05, 4.69) is 87.4 Å². The molecule has 0 amide bonds. The molecule has 2 atom stereocenters. The lowest BCUT2D eigenvalue weighted by Crippen LogP contribution is -2.29. The molecule has 5 rings (SSSR count). The lowest BCUT2D eigenvalue weighted by Gasteiger charge is -2.26. The molecule has 2 aromatic heterocycles. The van der Waals surface area contributed by atoms with Gasteiger partial charge in [0.05, 0.1) is 11.7 Å². The average Bonchev–Trinajstić information content (AvgIpc) is 3.44. The molecule has 166 valence electrons. The maximum absolute atomic E-state index is 6.47. The highest BCUT2D eigenvalue weighted by atomic mass is 79.9. The fourth-order valence-corrected chi connectivity index (χ4v) is 5.33. The predicted octanol–water partition coefficient (Wildman–Crippen LogP) is 7.15. The van der Waals surface area contributed by atoms with Crippen molar-refractivity contribution in [3.05, 3.63) is 106 Å². The minimum absolute atomic E-state index is 0.134. The number of rotatable bonds is 5. The van der Waals surface area contributed by atoms with E-state index < -0.39 is 0 Å². The first-order chi connectivity index (χ1) is 16.0. The summed E-state index contributed by atoms with van der Waals surface area (Å²) in [4.78, 5) is 6.76. The number of nitrogens with zero attached hydrogens (tertiary/aromatic N) is 2. The van der Waals surface area contributed by atoms with Crippen molar-refractivity contribution in [3.8, 4) is 11.3 Å². The smallest absolute Gasteiger partial charge is 0.174 e. The van der Waals surface area contributed by atoms with Crippen molar-refractivity contribution in [1.82, 2.24) is 10.3 Å². The number of halogens is 1. The highest BCUT2D eigenvalue weighted by molar-refractivity contribution is 9.10. The van der Waals surface area contributed by atoms with Gasteiger partial charge in [0.2, 0.25) is 0 Å². The Kier molecular flexibility index (Phi) is 6.04. The molecule has 0 saturated carbocycles. The van der Waals surface area contributed by atoms with Crippen molar-refractivity contribution >= 4 is 38.9 Å². The summed E-state index contributed by atoms with van der Waals surface area (Å²) in [5.74, 6) is 1.65. The van der Waals surface area contributed by atoms with Crippen molar-refractivity contribution < 1.29 is 4.42 Å². The molecule has 0 aliphatic carbocycles. The summed E-state index contributed by atoms with van der Waals surface area (Å²) in [6.07, 6.45) is 2.81. The van der Waals surface area contributed by atoms with Gasteiger partial charge >= 0.3 is 0 Å². The first-order valence-electron chi connectivity index (χ1n) is 11.0. The van der Waals surface area contributed by atoms with Crippen LogP contribution in [0, 0.1) is 6.92 Å². The highest BCUT2D eigenvalue weighted by Gasteiger charge is 2.42. The molecule has 3 heterocycles. The molecule has 33 heavy (non-hydrogen) atoms. The Morgan fingerprint density at radius 3 is 2.58 bits per heavy atom. The molecule has 1 aliphatic rings. The van der Waals surface area contributed by atoms with Gasteiger partial charge in [0, 0.05) is 21.9 Å². The molecule has 0 bridgehead atoms. The molecular formula is C27H24BrN3OS. The second-order valence-electron chi connectivity index (χ2n) is 8.20. The summed E-state index contributed by atoms with van der Waals surface area (Å²) < 4.78 is 7.48. The quantitative estimate of drug-likeness (QED) is 0.284. The molecule has 4 aromatic rings. The van der Waals surface area contributed by atoms with Crippen LogP contribution in [0.1, 0.15) is 41.6 Å². The van der Waals surface area contributed by atoms with Gasteiger partial charge in [-0.2, -0.15) is 0 Å². The van der Waals surface area contributed by atoms with Gasteiger partial charge in [-0.3, -0.25) is 4.98 Å². The molecule has 0 spiro atoms. The van der Waals surface area contributed by atoms with Crippen molar-refractivity contribution in [3.63, 3.8) is 0 Å². The minimum atomic E-state index is -0.169. The Balaban J connectivity index is 1.59. The predicted molar refractivity (Wildman–Crippen MR) is 140 cm³/mol. The fraction of sp³-hybridized carbons (Fsp3) is 0.185. The van der Waals surface area contributed by atoms with Crippen LogP contribution in [0.3, 0.4) is 0 Å². The van der Waals surface area contributed by atoms with Crippen molar-refractivity contribution in [2.45, 2.75) is 32.4 Å². The second kappa shape index (κ2) is 9.12. The third-order valence-electron chi connectivity index (χ3n) is 6.03. The summed E-state index contributed by atoms with van der Waals surface area (Å²) in [6.45, 7) is 4.23. The fourth-order valence-electron chi connectivity index (χ4n) is 4.29. The van der Waals surface area contributed by atoms with Crippen molar-refractivity contribution in [2.24, 2.45) is 0 Å². The van der Waals surface area contributed by atoms with E-state index in [1.165, 1.54) is 11.1 Å². The van der Waals surface area contributed by atoms with Gasteiger partial charge in [-0.15, -0.1) is 0 Å². The van der Waals surface area contributed by atoms with E-state index in [4.69, 9.17) is 16.6 Å². The summed E-state index contributed by atoms with van der Waals surface area (Å²) in [5, 5.41) is 4.15. The average molecular weight is 518 g/mol. The molecule has 2 aromatic carbocycles. The summed E-state index contributed by atoms with van der Waals surface area (Å²) in [6, 6.07) is 24.5. The van der Waals surface area contributed by atoms with Crippen LogP contribution in [0.5, 0.6) is 0 Å². The van der Waals surface area contributed by atoms with Crippen LogP contribution >= 0.6 is 28.1 Å². The molecule has 1 saturated heterocycles. The summed E-state index contributed by atoms with van der Waals surface area (Å²) >= 11 is 9.49. The van der Waals surface area contributed by atoms with E-state index in [-0.39, 0.29) is 12.1 Å². The standard InChI is InChI=1S/C27H24BrN3OS/c1-3-18-8-10-19(11-9-18)31-26(25(30-27(31)33)22-6-4-5-15-29-22)24-14-13-23(32-24)20-12-7-17(2)16-21(20)28/h4-16,25-26H,3H2,1-2H3,(H,30,33)/t25-,26-/m1/s1. The summed E-state index contributed by atoms with van der Waals surface area (Å²) in [5.41, 5.74) is 5.46. The number of thiocarbonyl (C=S) groups is 1. The maximum atomic E-state index is 6.47. The number of furan rings is 1. The highest BCUT2D eigenvalue weighted by Crippen LogP contribution is 2.43. The van der Waals surface area contributed by atoms with Crippen molar-refractivity contribution in [1.29, 1.82) is 0 Å². The Hall–Kier alpha value is -2.96. The molecular weight excluding hydrogens is 494 g/mol. The van der Waals surface area contributed by atoms with Crippen LogP contribution in [-0.4, -0.2) is 10.1 Å². The third-order valence-corrected chi connectivity index (χ3v) is 7.00. The third kappa shape index (κ3) is 4.21. The van der Waals surface area contributed by atoms with Gasteiger partial charge in [-0.1, -0.05) is 47.1 Å². The van der Waals surface area contributed by atoms with Gasteiger partial charge in [-0.05, 0) is 85.2 Å². The van der Waals surface area contributed by atoms with E-state index in [0.29, 0.717) is 5.11 Å². The van der Waals surface area contributed by atoms with E-state index in [1.807, 2.05) is 36.5 Å². The van der Waals surface area contributed by atoms with Crippen LogP contribution in [0.15, 0.2) is 87.9 Å². The zero-order valence-electron chi connectivity index (χ0n) is 18.5. The number of hydrogen-bond donors (Lipinski definition) is 1. The molecule has 0 unspecified atom stereocenters. The zero-order chi connectivity index (χ0) is 22.9. The second-order valence-corrected chi connectivity index (χ2v) is 9.44. The van der Waals surface area contributed by atoms with Crippen LogP contribution in [-0.2, 0) is 6.42 Å². The molecule has 0 radical (unpaired) electrons. The van der Waals surface area contributed by atoms with Crippen LogP contribution < -0.4 is 10.2 Å². The van der Waals surface area contributed by atoms with Gasteiger partial charge in [0.1, 0.15) is 17.6 Å². The number of aromatic nitrogens is 1. The Bertz CT molecular complexity index is 1290. The lowest BCUT2D eigenvalue weighted by atomic mass is 10.0. The summed E-state index contributed by atoms with van der Waals surface area (Å²) in [7, 11) is 0. The van der Waals surface area contributed by atoms with Gasteiger partial charge in [0.25, 0.3) is 0 Å². The molecule has 1 fully saturated rings. The molecule has 1 aliphatic heterocycles. The monoisotopic (exact) mass is 517 g/mol. The SMILES string of the molecule is CCc1ccc(N2C(=S)N[C@H](c3ccccn3)[C@H]2c2ccc(-c3ccc(C)cc3Br)o2)cc1. The Morgan fingerprint density at radius 2 is 1.88 bits per heavy atom. The number of aryl methyl sites for hydroxylation is 2. The van der Waals surface area contributed by atoms with E-state index >= 15 is 0 Å². The Morgan fingerprint density at radius 1 is 1.06 bits per heavy atom. The van der Waals surface area contributed by atoms with Gasteiger partial charge < -0.3 is 14.6 Å². The molecule has 4 nitrogen and oxygen atoms in total. The minimum Gasteiger partial charge on any atom is -0.459 e. The van der Waals surface area contributed by atoms with Gasteiger partial charge in [-0.25, -0.2) is 0 Å². The number of anilines is 1. The number of pyridine rings is 1. The molecule has 1 N–H and O–H groups in total. The number of hydrogen-bond acceptors (Lipinski definition) is 3. The first-order valence-corrected chi connectivity index (χ1v) is 12.2. The largest absolute Gasteiger partial charge is 0.459 e. The first kappa shape index (κ1) is 21.9. The van der Waals surface area contributed by atoms with E-state index in [9.17, 15) is 0 Å². The van der Waals surface area contributed by atoms with E-state index in [1.54, 1.807) is 0 Å². The number of nitrogens with one attached hydrogen (secondary N) is 1.